The molecule has 2 aromatic carbocycles. The van der Waals surface area contributed by atoms with E-state index in [-0.39, 0.29) is 5.41 Å². The van der Waals surface area contributed by atoms with E-state index >= 15 is 0 Å². The molecule has 4 aliphatic rings. The van der Waals surface area contributed by atoms with Gasteiger partial charge < -0.3 is 10.0 Å². The van der Waals surface area contributed by atoms with Crippen LogP contribution in [0.25, 0.3) is 5.57 Å². The van der Waals surface area contributed by atoms with Gasteiger partial charge >= 0.3 is 0 Å². The van der Waals surface area contributed by atoms with Crippen molar-refractivity contribution in [3.63, 3.8) is 0 Å². The zero-order chi connectivity index (χ0) is 24.3. The van der Waals surface area contributed by atoms with Crippen molar-refractivity contribution in [1.82, 2.24) is 0 Å². The minimum Gasteiger partial charge on any atom is -0.508 e. The fourth-order valence-electron chi connectivity index (χ4n) is 7.62. The second kappa shape index (κ2) is 8.26. The third-order valence-electron chi connectivity index (χ3n) is 9.31. The van der Waals surface area contributed by atoms with Crippen molar-refractivity contribution in [3.05, 3.63) is 88.5 Å². The van der Waals surface area contributed by atoms with Gasteiger partial charge in [0.15, 0.2) is 5.78 Å². The van der Waals surface area contributed by atoms with Gasteiger partial charge in [-0.1, -0.05) is 42.8 Å². The number of carbonyl (C=O) groups excluding carboxylic acids is 1. The molecule has 3 nitrogen and oxygen atoms in total. The second-order valence-electron chi connectivity index (χ2n) is 11.4. The number of benzene rings is 2. The molecule has 0 aliphatic heterocycles. The van der Waals surface area contributed by atoms with Crippen LogP contribution < -0.4 is 4.90 Å². The molecular formula is C32H35NO2. The molecule has 1 N–H and O–H groups in total. The summed E-state index contributed by atoms with van der Waals surface area (Å²) < 4.78 is 0. The lowest BCUT2D eigenvalue weighted by molar-refractivity contribution is -0.114. The monoisotopic (exact) mass is 465 g/mol. The maximum atomic E-state index is 12.3. The lowest BCUT2D eigenvalue weighted by atomic mass is 9.52. The molecule has 1 fully saturated rings. The summed E-state index contributed by atoms with van der Waals surface area (Å²) in [6.07, 6.45) is 10.4. The van der Waals surface area contributed by atoms with Crippen LogP contribution in [0.3, 0.4) is 0 Å². The van der Waals surface area contributed by atoms with Crippen molar-refractivity contribution in [2.45, 2.75) is 51.4 Å². The van der Waals surface area contributed by atoms with Crippen LogP contribution in [-0.2, 0) is 4.79 Å². The maximum Gasteiger partial charge on any atom is 0.156 e. The summed E-state index contributed by atoms with van der Waals surface area (Å²) in [7, 11) is 4.18. The summed E-state index contributed by atoms with van der Waals surface area (Å²) in [4.78, 5) is 14.4. The van der Waals surface area contributed by atoms with Crippen molar-refractivity contribution in [2.24, 2.45) is 17.3 Å². The Hall–Kier alpha value is -3.07. The molecule has 0 amide bonds. The van der Waals surface area contributed by atoms with Gasteiger partial charge in [0.1, 0.15) is 5.75 Å². The molecule has 1 saturated carbocycles. The fourth-order valence-corrected chi connectivity index (χ4v) is 7.62. The summed E-state index contributed by atoms with van der Waals surface area (Å²) in [6.45, 7) is 2.49. The van der Waals surface area contributed by atoms with Gasteiger partial charge in [0, 0.05) is 32.1 Å². The summed E-state index contributed by atoms with van der Waals surface area (Å²) in [5.74, 6) is 2.13. The number of carbonyl (C=O) groups is 1. The minimum absolute atomic E-state index is 0.0856. The molecule has 0 unspecified atom stereocenters. The highest BCUT2D eigenvalue weighted by Gasteiger charge is 2.54. The summed E-state index contributed by atoms with van der Waals surface area (Å²) in [6, 6.07) is 17.0. The molecule has 0 saturated heterocycles. The van der Waals surface area contributed by atoms with Gasteiger partial charge in [-0.05, 0) is 108 Å². The average Bonchev–Trinajstić information content (AvgIpc) is 3.20. The molecule has 0 heterocycles. The Morgan fingerprint density at radius 3 is 2.43 bits per heavy atom. The second-order valence-corrected chi connectivity index (χ2v) is 11.4. The lowest BCUT2D eigenvalue weighted by Gasteiger charge is -2.52. The molecule has 6 rings (SSSR count). The van der Waals surface area contributed by atoms with E-state index in [2.05, 4.69) is 68.4 Å². The third-order valence-corrected chi connectivity index (χ3v) is 9.31. The Balaban J connectivity index is 1.48. The van der Waals surface area contributed by atoms with E-state index in [1.54, 1.807) is 5.57 Å². The molecule has 4 aliphatic carbocycles. The predicted molar refractivity (Wildman–Crippen MR) is 142 cm³/mol. The number of nitrogens with zero attached hydrogens (tertiary/aromatic N) is 1. The van der Waals surface area contributed by atoms with E-state index < -0.39 is 0 Å². The van der Waals surface area contributed by atoms with Crippen LogP contribution >= 0.6 is 0 Å². The summed E-state index contributed by atoms with van der Waals surface area (Å²) >= 11 is 0. The van der Waals surface area contributed by atoms with E-state index in [0.717, 1.165) is 32.1 Å². The maximum absolute atomic E-state index is 12.3. The number of ketones is 1. The molecule has 0 bridgehead atoms. The van der Waals surface area contributed by atoms with Crippen molar-refractivity contribution >= 4 is 17.0 Å². The number of allylic oxidation sites excluding steroid dienone is 6. The number of phenolic OH excluding ortho intramolecular Hbond substituents is 1. The van der Waals surface area contributed by atoms with Crippen molar-refractivity contribution in [1.29, 1.82) is 0 Å². The first kappa shape index (κ1) is 22.4. The number of hydrogen-bond acceptors (Lipinski definition) is 3. The highest BCUT2D eigenvalue weighted by atomic mass is 16.3. The van der Waals surface area contributed by atoms with Crippen LogP contribution in [0.1, 0.15) is 62.5 Å². The molecule has 0 aromatic heterocycles. The van der Waals surface area contributed by atoms with Crippen molar-refractivity contribution < 1.29 is 9.90 Å². The van der Waals surface area contributed by atoms with Crippen molar-refractivity contribution in [3.8, 4) is 5.75 Å². The number of hydrogen-bond donors (Lipinski definition) is 1. The Morgan fingerprint density at radius 1 is 0.971 bits per heavy atom. The first-order valence-corrected chi connectivity index (χ1v) is 13.1. The van der Waals surface area contributed by atoms with Gasteiger partial charge in [-0.2, -0.15) is 0 Å². The quantitative estimate of drug-likeness (QED) is 0.528. The number of anilines is 1. The van der Waals surface area contributed by atoms with E-state index in [0.29, 0.717) is 35.7 Å². The predicted octanol–water partition coefficient (Wildman–Crippen LogP) is 7.05. The largest absolute Gasteiger partial charge is 0.508 e. The van der Waals surface area contributed by atoms with Crippen LogP contribution in [0.2, 0.25) is 0 Å². The van der Waals surface area contributed by atoms with Gasteiger partial charge in [-0.15, -0.1) is 0 Å². The third kappa shape index (κ3) is 3.59. The topological polar surface area (TPSA) is 40.5 Å². The number of rotatable bonds is 3. The summed E-state index contributed by atoms with van der Waals surface area (Å²) in [5.41, 5.74) is 9.85. The smallest absolute Gasteiger partial charge is 0.156 e. The van der Waals surface area contributed by atoms with Gasteiger partial charge in [-0.25, -0.2) is 0 Å². The van der Waals surface area contributed by atoms with Gasteiger partial charge in [0.05, 0.1) is 0 Å². The van der Waals surface area contributed by atoms with Gasteiger partial charge in [0.2, 0.25) is 0 Å². The summed E-state index contributed by atoms with van der Waals surface area (Å²) in [5, 5.41) is 9.87. The molecule has 4 atom stereocenters. The molecule has 0 radical (unpaired) electrons. The van der Waals surface area contributed by atoms with E-state index in [1.807, 2.05) is 18.2 Å². The minimum atomic E-state index is 0.0856. The van der Waals surface area contributed by atoms with E-state index in [9.17, 15) is 9.90 Å². The van der Waals surface area contributed by atoms with Crippen molar-refractivity contribution in [2.75, 3.05) is 19.0 Å². The van der Waals surface area contributed by atoms with E-state index in [4.69, 9.17) is 0 Å². The van der Waals surface area contributed by atoms with Crippen LogP contribution in [0.5, 0.6) is 5.75 Å². The number of fused-ring (bicyclic) bond motifs is 4. The Bertz CT molecular complexity index is 1260. The normalized spacial score (nSPS) is 29.7. The Kier molecular flexibility index (Phi) is 5.28. The average molecular weight is 466 g/mol. The molecular weight excluding hydrogens is 430 g/mol. The molecule has 0 spiro atoms. The number of phenols is 1. The fraction of sp³-hybridized carbons (Fsp3) is 0.406. The van der Waals surface area contributed by atoms with Gasteiger partial charge in [-0.3, -0.25) is 4.79 Å². The zero-order valence-electron chi connectivity index (χ0n) is 21.1. The van der Waals surface area contributed by atoms with Gasteiger partial charge in [0.25, 0.3) is 0 Å². The van der Waals surface area contributed by atoms with Crippen LogP contribution in [0.15, 0.2) is 77.4 Å². The zero-order valence-corrected chi connectivity index (χ0v) is 21.1. The highest BCUT2D eigenvalue weighted by molar-refractivity contribution is 5.93. The van der Waals surface area contributed by atoms with Crippen LogP contribution in [0.4, 0.5) is 5.69 Å². The molecule has 3 heteroatoms. The van der Waals surface area contributed by atoms with E-state index in [1.165, 1.54) is 33.5 Å². The first-order valence-electron chi connectivity index (χ1n) is 13.1. The first-order chi connectivity index (χ1) is 16.8. The molecule has 2 aromatic rings. The SMILES string of the molecule is CN(C)c1ccc([C@H]2C[C@]3(C)C(c4ccc(O)cc4)=CC[C@H]3[C@@H]3CCC4=CC(=O)CCC4=C32)cc1. The number of aromatic hydroxyl groups is 1. The standard InChI is InChI=1S/C32H35NO2/c1-32-19-28(20-4-9-23(10-5-20)33(2)3)31-26-15-13-25(35)18-22(26)8-14-27(31)30(32)17-16-29(32)21-6-11-24(34)12-7-21/h4-7,9-12,16,18,27-28,30,34H,8,13-15,17,19H2,1-3H3/t27-,28+,30-,32+/m0/s1. The molecule has 180 valence electrons. The van der Waals surface area contributed by atoms with Crippen LogP contribution in [0, 0.1) is 17.3 Å². The highest BCUT2D eigenvalue weighted by Crippen LogP contribution is 2.65. The molecule has 35 heavy (non-hydrogen) atoms. The Labute approximate surface area is 208 Å². The lowest BCUT2D eigenvalue weighted by Crippen LogP contribution is -2.42. The van der Waals surface area contributed by atoms with Crippen LogP contribution in [-0.4, -0.2) is 25.0 Å². The Morgan fingerprint density at radius 2 is 1.71 bits per heavy atom.